The molecule has 8 heteroatoms. The molecule has 1 heterocycles. The molecular weight excluding hydrogens is 312 g/mol. The van der Waals surface area contributed by atoms with Crippen molar-refractivity contribution >= 4 is 17.8 Å². The fourth-order valence-corrected chi connectivity index (χ4v) is 2.65. The van der Waals surface area contributed by atoms with Gasteiger partial charge in [-0.25, -0.2) is 5.43 Å². The summed E-state index contributed by atoms with van der Waals surface area (Å²) in [4.78, 5) is 35.9. The van der Waals surface area contributed by atoms with Crippen molar-refractivity contribution in [3.63, 3.8) is 0 Å². The standard InChI is InChI=1S/C16H30N4O4/c1-9(2)13(17-10(3)4)14(21)18-11(5)15(22)20-8-6-7-12(19-20)16(23)24/h9-13,17,19H,6-8H2,1-5H3,(H,18,21)(H,23,24). The molecule has 0 radical (unpaired) electrons. The van der Waals surface area contributed by atoms with Crippen LogP contribution in [0, 0.1) is 5.92 Å². The zero-order valence-electron chi connectivity index (χ0n) is 15.1. The summed E-state index contributed by atoms with van der Waals surface area (Å²) in [6.45, 7) is 9.84. The van der Waals surface area contributed by atoms with E-state index < -0.39 is 18.1 Å². The number of carbonyl (C=O) groups excluding carboxylic acids is 2. The molecule has 4 N–H and O–H groups in total. The molecule has 3 atom stereocenters. The highest BCUT2D eigenvalue weighted by atomic mass is 16.4. The van der Waals surface area contributed by atoms with Crippen LogP contribution < -0.4 is 16.1 Å². The molecule has 0 aromatic rings. The van der Waals surface area contributed by atoms with Crippen molar-refractivity contribution < 1.29 is 19.5 Å². The maximum atomic E-state index is 12.5. The maximum Gasteiger partial charge on any atom is 0.322 e. The van der Waals surface area contributed by atoms with Gasteiger partial charge in [-0.05, 0) is 25.7 Å². The second kappa shape index (κ2) is 8.98. The number of carboxylic acid groups (broad SMARTS) is 1. The van der Waals surface area contributed by atoms with Gasteiger partial charge in [0.25, 0.3) is 5.91 Å². The third-order valence-electron chi connectivity index (χ3n) is 3.94. The van der Waals surface area contributed by atoms with Crippen LogP contribution in [0.5, 0.6) is 0 Å². The van der Waals surface area contributed by atoms with Crippen LogP contribution in [0.15, 0.2) is 0 Å². The average Bonchev–Trinajstić information content (AvgIpc) is 2.51. The summed E-state index contributed by atoms with van der Waals surface area (Å²) in [5.41, 5.74) is 2.71. The number of aliphatic carboxylic acids is 1. The lowest BCUT2D eigenvalue weighted by Crippen LogP contribution is -2.60. The lowest BCUT2D eigenvalue weighted by Gasteiger charge is -2.34. The highest BCUT2D eigenvalue weighted by Gasteiger charge is 2.31. The Bertz CT molecular complexity index is 467. The maximum absolute atomic E-state index is 12.5. The molecule has 3 unspecified atom stereocenters. The molecule has 0 aromatic heterocycles. The molecule has 24 heavy (non-hydrogen) atoms. The second-order valence-electron chi connectivity index (χ2n) is 6.93. The molecule has 1 saturated heterocycles. The molecule has 138 valence electrons. The Morgan fingerprint density at radius 2 is 1.79 bits per heavy atom. The molecule has 0 saturated carbocycles. The fourth-order valence-electron chi connectivity index (χ4n) is 2.65. The molecule has 1 rings (SSSR count). The van der Waals surface area contributed by atoms with Gasteiger partial charge in [0.15, 0.2) is 0 Å². The fraction of sp³-hybridized carbons (Fsp3) is 0.812. The summed E-state index contributed by atoms with van der Waals surface area (Å²) in [6.07, 6.45) is 1.09. The normalized spacial score (nSPS) is 20.8. The Labute approximate surface area is 143 Å². The van der Waals surface area contributed by atoms with Crippen molar-refractivity contribution in [1.29, 1.82) is 0 Å². The van der Waals surface area contributed by atoms with Gasteiger partial charge in [0, 0.05) is 12.6 Å². The Morgan fingerprint density at radius 1 is 1.17 bits per heavy atom. The van der Waals surface area contributed by atoms with Crippen LogP contribution >= 0.6 is 0 Å². The van der Waals surface area contributed by atoms with E-state index in [1.165, 1.54) is 5.01 Å². The quantitative estimate of drug-likeness (QED) is 0.522. The minimum absolute atomic E-state index is 0.0826. The number of nitrogens with one attached hydrogen (secondary N) is 3. The zero-order chi connectivity index (χ0) is 18.4. The molecule has 0 bridgehead atoms. The van der Waals surface area contributed by atoms with Crippen LogP contribution in [0.1, 0.15) is 47.5 Å². The lowest BCUT2D eigenvalue weighted by atomic mass is 10.0. The number of amides is 2. The van der Waals surface area contributed by atoms with Crippen LogP contribution in [-0.4, -0.2) is 58.6 Å². The van der Waals surface area contributed by atoms with E-state index in [4.69, 9.17) is 5.11 Å². The summed E-state index contributed by atoms with van der Waals surface area (Å²) in [6, 6.07) is -1.74. The van der Waals surface area contributed by atoms with Gasteiger partial charge >= 0.3 is 5.97 Å². The van der Waals surface area contributed by atoms with Gasteiger partial charge in [0.05, 0.1) is 6.04 Å². The van der Waals surface area contributed by atoms with Crippen molar-refractivity contribution in [2.75, 3.05) is 6.54 Å². The van der Waals surface area contributed by atoms with Gasteiger partial charge < -0.3 is 15.7 Å². The Balaban J connectivity index is 2.65. The van der Waals surface area contributed by atoms with Crippen LogP contribution in [-0.2, 0) is 14.4 Å². The SMILES string of the molecule is CC(C)NC(C(=O)NC(C)C(=O)N1CCCC(C(=O)O)N1)C(C)C. The molecule has 8 nitrogen and oxygen atoms in total. The van der Waals surface area contributed by atoms with Gasteiger partial charge in [-0.2, -0.15) is 0 Å². The van der Waals surface area contributed by atoms with Crippen LogP contribution in [0.25, 0.3) is 0 Å². The van der Waals surface area contributed by atoms with Crippen molar-refractivity contribution in [2.45, 2.75) is 71.6 Å². The summed E-state index contributed by atoms with van der Waals surface area (Å²) in [7, 11) is 0. The Kier molecular flexibility index (Phi) is 7.62. The molecular formula is C16H30N4O4. The minimum atomic E-state index is -0.981. The summed E-state index contributed by atoms with van der Waals surface area (Å²) in [5, 5.41) is 16.3. The number of rotatable bonds is 7. The minimum Gasteiger partial charge on any atom is -0.480 e. The number of carboxylic acids is 1. The number of carbonyl (C=O) groups is 3. The van der Waals surface area contributed by atoms with Gasteiger partial charge in [-0.15, -0.1) is 0 Å². The van der Waals surface area contributed by atoms with Gasteiger partial charge in [-0.1, -0.05) is 27.7 Å². The first-order chi connectivity index (χ1) is 11.1. The van der Waals surface area contributed by atoms with Crippen molar-refractivity contribution in [3.8, 4) is 0 Å². The molecule has 0 aliphatic carbocycles. The number of hydrogen-bond donors (Lipinski definition) is 4. The highest BCUT2D eigenvalue weighted by molar-refractivity contribution is 5.89. The molecule has 2 amide bonds. The van der Waals surface area contributed by atoms with Crippen LogP contribution in [0.4, 0.5) is 0 Å². The van der Waals surface area contributed by atoms with E-state index in [0.717, 1.165) is 0 Å². The first kappa shape index (κ1) is 20.4. The first-order valence-electron chi connectivity index (χ1n) is 8.50. The average molecular weight is 342 g/mol. The molecule has 1 aliphatic heterocycles. The van der Waals surface area contributed by atoms with Crippen molar-refractivity contribution in [1.82, 2.24) is 21.1 Å². The Hall–Kier alpha value is -1.67. The summed E-state index contributed by atoms with van der Waals surface area (Å²) >= 11 is 0. The highest BCUT2D eigenvalue weighted by Crippen LogP contribution is 2.09. The molecule has 0 spiro atoms. The summed E-state index contributed by atoms with van der Waals surface area (Å²) < 4.78 is 0. The van der Waals surface area contributed by atoms with E-state index in [0.29, 0.717) is 19.4 Å². The van der Waals surface area contributed by atoms with Crippen LogP contribution in [0.3, 0.4) is 0 Å². The monoisotopic (exact) mass is 342 g/mol. The third kappa shape index (κ3) is 5.76. The topological polar surface area (TPSA) is 111 Å². The number of hydrazine groups is 1. The smallest absolute Gasteiger partial charge is 0.322 e. The lowest BCUT2D eigenvalue weighted by molar-refractivity contribution is -0.148. The molecule has 0 aromatic carbocycles. The number of hydrogen-bond acceptors (Lipinski definition) is 5. The van der Waals surface area contributed by atoms with Gasteiger partial charge in [0.2, 0.25) is 5.91 Å². The van der Waals surface area contributed by atoms with Gasteiger partial charge in [-0.3, -0.25) is 19.4 Å². The first-order valence-corrected chi connectivity index (χ1v) is 8.50. The molecule has 1 fully saturated rings. The zero-order valence-corrected chi connectivity index (χ0v) is 15.1. The Morgan fingerprint density at radius 3 is 2.29 bits per heavy atom. The largest absolute Gasteiger partial charge is 0.480 e. The summed E-state index contributed by atoms with van der Waals surface area (Å²) in [5.74, 6) is -1.46. The van der Waals surface area contributed by atoms with E-state index in [1.807, 2.05) is 27.7 Å². The van der Waals surface area contributed by atoms with Crippen molar-refractivity contribution in [3.05, 3.63) is 0 Å². The second-order valence-corrected chi connectivity index (χ2v) is 6.93. The van der Waals surface area contributed by atoms with E-state index in [9.17, 15) is 14.4 Å². The van der Waals surface area contributed by atoms with Crippen LogP contribution in [0.2, 0.25) is 0 Å². The number of nitrogens with zero attached hydrogens (tertiary/aromatic N) is 1. The van der Waals surface area contributed by atoms with E-state index >= 15 is 0 Å². The van der Waals surface area contributed by atoms with E-state index in [-0.39, 0.29) is 29.8 Å². The third-order valence-corrected chi connectivity index (χ3v) is 3.94. The van der Waals surface area contributed by atoms with E-state index in [2.05, 4.69) is 16.1 Å². The van der Waals surface area contributed by atoms with Crippen molar-refractivity contribution in [2.24, 2.45) is 5.92 Å². The van der Waals surface area contributed by atoms with E-state index in [1.54, 1.807) is 6.92 Å². The van der Waals surface area contributed by atoms with Gasteiger partial charge in [0.1, 0.15) is 12.1 Å². The predicted octanol–water partition coefficient (Wildman–Crippen LogP) is 0.0939. The molecule has 1 aliphatic rings. The predicted molar refractivity (Wildman–Crippen MR) is 90.0 cm³/mol.